The van der Waals surface area contributed by atoms with Gasteiger partial charge in [-0.25, -0.2) is 4.98 Å². The van der Waals surface area contributed by atoms with Gasteiger partial charge >= 0.3 is 5.97 Å². The van der Waals surface area contributed by atoms with Crippen molar-refractivity contribution in [1.29, 1.82) is 0 Å². The molecule has 5 nitrogen and oxygen atoms in total. The van der Waals surface area contributed by atoms with Gasteiger partial charge in [0.25, 0.3) is 0 Å². The fourth-order valence-corrected chi connectivity index (χ4v) is 1.72. The number of aliphatic carboxylic acids is 1. The van der Waals surface area contributed by atoms with E-state index in [4.69, 9.17) is 5.11 Å². The quantitative estimate of drug-likeness (QED) is 0.792. The lowest BCUT2D eigenvalue weighted by Crippen LogP contribution is -1.98. The van der Waals surface area contributed by atoms with E-state index >= 15 is 0 Å². The van der Waals surface area contributed by atoms with Crippen molar-refractivity contribution >= 4 is 5.97 Å². The summed E-state index contributed by atoms with van der Waals surface area (Å²) >= 11 is 0. The summed E-state index contributed by atoms with van der Waals surface area (Å²) in [6.07, 6.45) is 8.99. The van der Waals surface area contributed by atoms with E-state index < -0.39 is 5.97 Å². The molecule has 0 atom stereocenters. The lowest BCUT2D eigenvalue weighted by atomic mass is 10.2. The Bertz CT molecular complexity index is 508. The highest BCUT2D eigenvalue weighted by atomic mass is 16.4. The summed E-state index contributed by atoms with van der Waals surface area (Å²) in [7, 11) is 0. The molecule has 1 N–H and O–H groups in total. The van der Waals surface area contributed by atoms with Crippen molar-refractivity contribution in [3.63, 3.8) is 0 Å². The molecular weight excluding hydrogens is 230 g/mol. The van der Waals surface area contributed by atoms with E-state index in [1.807, 2.05) is 22.9 Å². The average Bonchev–Trinajstić information content (AvgIpc) is 2.84. The van der Waals surface area contributed by atoms with Gasteiger partial charge in [0.1, 0.15) is 0 Å². The molecule has 0 unspecified atom stereocenters. The van der Waals surface area contributed by atoms with Crippen molar-refractivity contribution in [3.8, 4) is 11.3 Å². The Balaban J connectivity index is 1.89. The van der Waals surface area contributed by atoms with Crippen molar-refractivity contribution in [2.45, 2.75) is 25.8 Å². The number of rotatable bonds is 6. The fourth-order valence-electron chi connectivity index (χ4n) is 1.72. The molecule has 2 rings (SSSR count). The molecule has 5 heteroatoms. The van der Waals surface area contributed by atoms with Gasteiger partial charge in [0.15, 0.2) is 0 Å². The molecule has 0 spiro atoms. The smallest absolute Gasteiger partial charge is 0.303 e. The summed E-state index contributed by atoms with van der Waals surface area (Å²) in [5.74, 6) is -0.739. The first kappa shape index (κ1) is 12.3. The number of carboxylic acids is 1. The fraction of sp³-hybridized carbons (Fsp3) is 0.308. The molecule has 0 saturated heterocycles. The van der Waals surface area contributed by atoms with E-state index in [0.717, 1.165) is 24.2 Å². The number of aryl methyl sites for hydroxylation is 1. The maximum Gasteiger partial charge on any atom is 0.303 e. The van der Waals surface area contributed by atoms with Gasteiger partial charge in [0.05, 0.1) is 12.0 Å². The molecule has 0 aromatic carbocycles. The first-order chi connectivity index (χ1) is 8.75. The Kier molecular flexibility index (Phi) is 4.06. The summed E-state index contributed by atoms with van der Waals surface area (Å²) in [6, 6.07) is 3.84. The van der Waals surface area contributed by atoms with Gasteiger partial charge in [-0.05, 0) is 25.0 Å². The molecule has 94 valence electrons. The molecule has 0 aliphatic heterocycles. The first-order valence-electron chi connectivity index (χ1n) is 5.89. The molecule has 2 aromatic rings. The van der Waals surface area contributed by atoms with Crippen LogP contribution < -0.4 is 0 Å². The Morgan fingerprint density at radius 3 is 3.00 bits per heavy atom. The van der Waals surface area contributed by atoms with Crippen LogP contribution in [0.25, 0.3) is 11.3 Å². The third kappa shape index (κ3) is 3.41. The van der Waals surface area contributed by atoms with Crippen molar-refractivity contribution in [2.75, 3.05) is 0 Å². The van der Waals surface area contributed by atoms with Gasteiger partial charge in [-0.1, -0.05) is 0 Å². The Morgan fingerprint density at radius 1 is 1.39 bits per heavy atom. The number of nitrogens with zero attached hydrogens (tertiary/aromatic N) is 3. The molecule has 0 radical (unpaired) electrons. The van der Waals surface area contributed by atoms with Crippen LogP contribution in [0.4, 0.5) is 0 Å². The summed E-state index contributed by atoms with van der Waals surface area (Å²) < 4.78 is 1.98. The van der Waals surface area contributed by atoms with Crippen LogP contribution in [0.15, 0.2) is 37.1 Å². The standard InChI is InChI=1S/C13H15N3O2/c17-13(18)5-1-2-7-16-9-12(15-10-16)11-4-3-6-14-8-11/h3-4,6,8-10H,1-2,5,7H2,(H,17,18). The van der Waals surface area contributed by atoms with Crippen LogP contribution in [0, 0.1) is 0 Å². The van der Waals surface area contributed by atoms with E-state index in [1.165, 1.54) is 0 Å². The van der Waals surface area contributed by atoms with Crippen LogP contribution in [-0.2, 0) is 11.3 Å². The largest absolute Gasteiger partial charge is 0.481 e. The summed E-state index contributed by atoms with van der Waals surface area (Å²) in [6.45, 7) is 0.792. The number of hydrogen-bond donors (Lipinski definition) is 1. The van der Waals surface area contributed by atoms with Gasteiger partial charge in [-0.2, -0.15) is 0 Å². The van der Waals surface area contributed by atoms with Crippen LogP contribution in [0.2, 0.25) is 0 Å². The third-order valence-electron chi connectivity index (χ3n) is 2.65. The monoisotopic (exact) mass is 245 g/mol. The zero-order valence-electron chi connectivity index (χ0n) is 9.99. The maximum atomic E-state index is 10.4. The highest BCUT2D eigenvalue weighted by Gasteiger charge is 2.02. The van der Waals surface area contributed by atoms with Crippen LogP contribution >= 0.6 is 0 Å². The summed E-state index contributed by atoms with van der Waals surface area (Å²) in [5.41, 5.74) is 1.88. The topological polar surface area (TPSA) is 68.0 Å². The minimum Gasteiger partial charge on any atom is -0.481 e. The number of carbonyl (C=O) groups is 1. The molecule has 2 heterocycles. The molecule has 0 aliphatic rings. The van der Waals surface area contributed by atoms with Gasteiger partial charge in [0, 0.05) is 37.1 Å². The number of imidazole rings is 1. The van der Waals surface area contributed by atoms with Gasteiger partial charge < -0.3 is 9.67 Å². The zero-order valence-corrected chi connectivity index (χ0v) is 9.99. The van der Waals surface area contributed by atoms with Crippen LogP contribution in [0.5, 0.6) is 0 Å². The minimum absolute atomic E-state index is 0.226. The normalized spacial score (nSPS) is 10.4. The van der Waals surface area contributed by atoms with E-state index in [9.17, 15) is 4.79 Å². The van der Waals surface area contributed by atoms with E-state index in [0.29, 0.717) is 6.42 Å². The number of carboxylic acid groups (broad SMARTS) is 1. The first-order valence-corrected chi connectivity index (χ1v) is 5.89. The van der Waals surface area contributed by atoms with Crippen LogP contribution in [0.3, 0.4) is 0 Å². The number of pyridine rings is 1. The predicted octanol–water partition coefficient (Wildman–Crippen LogP) is 2.20. The second-order valence-corrected chi connectivity index (χ2v) is 4.09. The SMILES string of the molecule is O=C(O)CCCCn1cnc(-c2cccnc2)c1. The zero-order chi connectivity index (χ0) is 12.8. The Hall–Kier alpha value is -2.17. The number of hydrogen-bond acceptors (Lipinski definition) is 3. The van der Waals surface area contributed by atoms with Gasteiger partial charge in [-0.3, -0.25) is 9.78 Å². The number of aromatic nitrogens is 3. The van der Waals surface area contributed by atoms with Crippen molar-refractivity contribution in [2.24, 2.45) is 0 Å². The van der Waals surface area contributed by atoms with Crippen molar-refractivity contribution < 1.29 is 9.90 Å². The van der Waals surface area contributed by atoms with E-state index in [1.54, 1.807) is 18.7 Å². The highest BCUT2D eigenvalue weighted by Crippen LogP contribution is 2.15. The second kappa shape index (κ2) is 5.95. The van der Waals surface area contributed by atoms with Crippen molar-refractivity contribution in [3.05, 3.63) is 37.1 Å². The van der Waals surface area contributed by atoms with Crippen LogP contribution in [0.1, 0.15) is 19.3 Å². The second-order valence-electron chi connectivity index (χ2n) is 4.09. The molecule has 0 amide bonds. The molecule has 18 heavy (non-hydrogen) atoms. The van der Waals surface area contributed by atoms with Crippen molar-refractivity contribution in [1.82, 2.24) is 14.5 Å². The maximum absolute atomic E-state index is 10.4. The Labute approximate surface area is 105 Å². The molecule has 0 aliphatic carbocycles. The van der Waals surface area contributed by atoms with E-state index in [2.05, 4.69) is 9.97 Å². The van der Waals surface area contributed by atoms with Gasteiger partial charge in [0.2, 0.25) is 0 Å². The lowest BCUT2D eigenvalue weighted by molar-refractivity contribution is -0.137. The average molecular weight is 245 g/mol. The molecular formula is C13H15N3O2. The van der Waals surface area contributed by atoms with Crippen LogP contribution in [-0.4, -0.2) is 25.6 Å². The molecule has 0 saturated carbocycles. The Morgan fingerprint density at radius 2 is 2.28 bits per heavy atom. The van der Waals surface area contributed by atoms with E-state index in [-0.39, 0.29) is 6.42 Å². The van der Waals surface area contributed by atoms with Gasteiger partial charge in [-0.15, -0.1) is 0 Å². The summed E-state index contributed by atoms with van der Waals surface area (Å²) in [5, 5.41) is 8.54. The molecule has 2 aromatic heterocycles. The summed E-state index contributed by atoms with van der Waals surface area (Å²) in [4.78, 5) is 18.7. The number of unbranched alkanes of at least 4 members (excludes halogenated alkanes) is 1. The molecule has 0 bridgehead atoms. The third-order valence-corrected chi connectivity index (χ3v) is 2.65. The highest BCUT2D eigenvalue weighted by molar-refractivity contribution is 5.66. The molecule has 0 fully saturated rings. The minimum atomic E-state index is -0.739. The lowest BCUT2D eigenvalue weighted by Gasteiger charge is -2.00. The predicted molar refractivity (Wildman–Crippen MR) is 66.9 cm³/mol.